The van der Waals surface area contributed by atoms with Gasteiger partial charge in [0, 0.05) is 9.84 Å². The lowest BCUT2D eigenvalue weighted by Gasteiger charge is -2.45. The molecule has 0 saturated heterocycles. The Balaban J connectivity index is 3.54. The molecule has 1 aliphatic rings. The number of alkyl halides is 12. The summed E-state index contributed by atoms with van der Waals surface area (Å²) in [7, 11) is 0. The highest BCUT2D eigenvalue weighted by Gasteiger charge is 2.88. The molecule has 1 aliphatic carbocycles. The highest BCUT2D eigenvalue weighted by molar-refractivity contribution is 14.1. The second-order valence-electron chi connectivity index (χ2n) is 5.97. The van der Waals surface area contributed by atoms with Gasteiger partial charge in [0.15, 0.2) is 0 Å². The van der Waals surface area contributed by atoms with Crippen LogP contribution in [0, 0.1) is 5.92 Å². The molecule has 0 bridgehead atoms. The molecular formula is C13H14F11I. The van der Waals surface area contributed by atoms with E-state index in [9.17, 15) is 48.3 Å². The van der Waals surface area contributed by atoms with E-state index in [1.165, 1.54) is 22.6 Å². The van der Waals surface area contributed by atoms with Gasteiger partial charge < -0.3 is 0 Å². The first-order chi connectivity index (χ1) is 11.0. The first-order valence-electron chi connectivity index (χ1n) is 7.24. The predicted molar refractivity (Wildman–Crippen MR) is 74.8 cm³/mol. The van der Waals surface area contributed by atoms with Gasteiger partial charge in [0.2, 0.25) is 0 Å². The zero-order valence-electron chi connectivity index (χ0n) is 12.4. The number of rotatable bonds is 3. The summed E-state index contributed by atoms with van der Waals surface area (Å²) in [4.78, 5) is 0. The molecule has 0 aromatic carbocycles. The average molecular weight is 506 g/mol. The van der Waals surface area contributed by atoms with Crippen LogP contribution in [0.3, 0.4) is 0 Å². The van der Waals surface area contributed by atoms with Crippen LogP contribution in [0.15, 0.2) is 0 Å². The van der Waals surface area contributed by atoms with E-state index >= 15 is 0 Å². The molecule has 0 N–H and O–H groups in total. The van der Waals surface area contributed by atoms with Gasteiger partial charge in [-0.15, -0.1) is 0 Å². The van der Waals surface area contributed by atoms with E-state index in [2.05, 4.69) is 0 Å². The molecule has 0 heterocycles. The van der Waals surface area contributed by atoms with E-state index in [1.54, 1.807) is 0 Å². The maximum Gasteiger partial charge on any atom is 0.460 e. The number of hydrogen-bond acceptors (Lipinski definition) is 0. The maximum absolute atomic E-state index is 14.7. The van der Waals surface area contributed by atoms with Crippen molar-refractivity contribution in [2.75, 3.05) is 0 Å². The topological polar surface area (TPSA) is 0 Å². The molecule has 1 rings (SSSR count). The third kappa shape index (κ3) is 3.83. The molecule has 0 aliphatic heterocycles. The standard InChI is InChI=1S/C13H14F11I/c14-9(12(19,20)21,7-5-3-1-2-4-6-8(7)25)10(15,16)11(17,18)13(22,23)24/h7-8H,1-6H2. The van der Waals surface area contributed by atoms with Gasteiger partial charge in [-0.2, -0.15) is 43.9 Å². The molecule has 3 atom stereocenters. The van der Waals surface area contributed by atoms with E-state index < -0.39 is 46.1 Å². The van der Waals surface area contributed by atoms with Crippen molar-refractivity contribution in [3.05, 3.63) is 0 Å². The van der Waals surface area contributed by atoms with Gasteiger partial charge in [-0.1, -0.05) is 48.3 Å². The fourth-order valence-electron chi connectivity index (χ4n) is 2.91. The summed E-state index contributed by atoms with van der Waals surface area (Å²) >= 11 is 1.22. The molecule has 0 radical (unpaired) electrons. The first-order valence-corrected chi connectivity index (χ1v) is 8.48. The summed E-state index contributed by atoms with van der Waals surface area (Å²) in [6.07, 6.45) is -13.9. The van der Waals surface area contributed by atoms with E-state index in [0.29, 0.717) is 6.42 Å². The average Bonchev–Trinajstić information content (AvgIpc) is 2.39. The Kier molecular flexibility index (Phi) is 6.60. The minimum Gasteiger partial charge on any atom is -0.226 e. The van der Waals surface area contributed by atoms with Gasteiger partial charge in [0.1, 0.15) is 0 Å². The van der Waals surface area contributed by atoms with Crippen LogP contribution in [0.25, 0.3) is 0 Å². The van der Waals surface area contributed by atoms with Crippen molar-refractivity contribution in [2.45, 2.75) is 72.3 Å². The van der Waals surface area contributed by atoms with Gasteiger partial charge in [0.25, 0.3) is 5.67 Å². The van der Waals surface area contributed by atoms with E-state index in [-0.39, 0.29) is 25.7 Å². The molecule has 12 heteroatoms. The SMILES string of the molecule is FC(F)(F)C(F)(F)C(F)(F)C(F)(C1CCCCCCC1I)C(F)(F)F. The van der Waals surface area contributed by atoms with E-state index in [0.717, 1.165) is 0 Å². The molecule has 1 fully saturated rings. The lowest BCUT2D eigenvalue weighted by Crippen LogP contribution is -2.71. The van der Waals surface area contributed by atoms with Crippen LogP contribution in [-0.2, 0) is 0 Å². The Morgan fingerprint density at radius 3 is 1.40 bits per heavy atom. The molecule has 0 amide bonds. The van der Waals surface area contributed by atoms with Crippen LogP contribution in [0.2, 0.25) is 0 Å². The van der Waals surface area contributed by atoms with Crippen LogP contribution in [-0.4, -0.2) is 33.8 Å². The molecule has 25 heavy (non-hydrogen) atoms. The smallest absolute Gasteiger partial charge is 0.226 e. The van der Waals surface area contributed by atoms with Gasteiger partial charge in [-0.25, -0.2) is 4.39 Å². The highest BCUT2D eigenvalue weighted by Crippen LogP contribution is 2.61. The summed E-state index contributed by atoms with van der Waals surface area (Å²) < 4.78 is 144. The monoisotopic (exact) mass is 506 g/mol. The predicted octanol–water partition coefficient (Wildman–Crippen LogP) is 6.86. The first kappa shape index (κ1) is 23.0. The normalized spacial score (nSPS) is 27.4. The molecular weight excluding hydrogens is 492 g/mol. The molecule has 0 aromatic rings. The molecule has 0 spiro atoms. The number of hydrogen-bond donors (Lipinski definition) is 0. The van der Waals surface area contributed by atoms with Crippen LogP contribution in [0.5, 0.6) is 0 Å². The Labute approximate surface area is 149 Å². The summed E-state index contributed by atoms with van der Waals surface area (Å²) in [5, 5.41) is 0. The van der Waals surface area contributed by atoms with Crippen molar-refractivity contribution >= 4 is 22.6 Å². The van der Waals surface area contributed by atoms with Crippen molar-refractivity contribution in [3.63, 3.8) is 0 Å². The minimum atomic E-state index is -7.18. The van der Waals surface area contributed by atoms with E-state index in [1.807, 2.05) is 0 Å². The Morgan fingerprint density at radius 1 is 0.560 bits per heavy atom. The van der Waals surface area contributed by atoms with Crippen LogP contribution < -0.4 is 0 Å². The van der Waals surface area contributed by atoms with Crippen LogP contribution in [0.4, 0.5) is 48.3 Å². The fourth-order valence-corrected chi connectivity index (χ4v) is 4.21. The van der Waals surface area contributed by atoms with Gasteiger partial charge in [-0.3, -0.25) is 0 Å². The second-order valence-corrected chi connectivity index (χ2v) is 7.57. The van der Waals surface area contributed by atoms with Crippen molar-refractivity contribution < 1.29 is 48.3 Å². The fraction of sp³-hybridized carbons (Fsp3) is 1.00. The second kappa shape index (κ2) is 7.17. The maximum atomic E-state index is 14.7. The third-order valence-electron chi connectivity index (χ3n) is 4.31. The van der Waals surface area contributed by atoms with Crippen molar-refractivity contribution in [3.8, 4) is 0 Å². The lowest BCUT2D eigenvalue weighted by molar-refractivity contribution is -0.419. The highest BCUT2D eigenvalue weighted by atomic mass is 127. The Morgan fingerprint density at radius 2 is 1.00 bits per heavy atom. The summed E-state index contributed by atoms with van der Waals surface area (Å²) in [6.45, 7) is 0. The molecule has 1 saturated carbocycles. The quantitative estimate of drug-likeness (QED) is 0.223. The Hall–Kier alpha value is -0.0400. The summed E-state index contributed by atoms with van der Waals surface area (Å²) in [6, 6.07) is 0. The van der Waals surface area contributed by atoms with E-state index in [4.69, 9.17) is 0 Å². The summed E-state index contributed by atoms with van der Waals surface area (Å²) in [5.74, 6) is -16.9. The molecule has 3 unspecified atom stereocenters. The largest absolute Gasteiger partial charge is 0.460 e. The molecule has 0 nitrogen and oxygen atoms in total. The lowest BCUT2D eigenvalue weighted by atomic mass is 9.74. The minimum absolute atomic E-state index is 0.181. The zero-order valence-corrected chi connectivity index (χ0v) is 14.6. The van der Waals surface area contributed by atoms with Gasteiger partial charge in [0.05, 0.1) is 0 Å². The van der Waals surface area contributed by atoms with Gasteiger partial charge in [-0.05, 0) is 12.8 Å². The van der Waals surface area contributed by atoms with Crippen LogP contribution in [0.1, 0.15) is 38.5 Å². The van der Waals surface area contributed by atoms with Crippen molar-refractivity contribution in [1.29, 1.82) is 0 Å². The van der Waals surface area contributed by atoms with Crippen molar-refractivity contribution in [2.24, 2.45) is 5.92 Å². The number of halogens is 12. The molecule has 150 valence electrons. The molecule has 0 aromatic heterocycles. The summed E-state index contributed by atoms with van der Waals surface area (Å²) in [5.41, 5.74) is -6.01. The van der Waals surface area contributed by atoms with Gasteiger partial charge >= 0.3 is 24.2 Å². The van der Waals surface area contributed by atoms with Crippen LogP contribution >= 0.6 is 22.6 Å². The Bertz CT molecular complexity index is 456. The van der Waals surface area contributed by atoms with Crippen molar-refractivity contribution in [1.82, 2.24) is 0 Å². The third-order valence-corrected chi connectivity index (χ3v) is 5.80. The zero-order chi connectivity index (χ0) is 19.9.